The second-order valence-electron chi connectivity index (χ2n) is 10.7. The second kappa shape index (κ2) is 6.12. The molecule has 0 aliphatic heterocycles. The largest absolute Gasteiger partial charge is 0.352 e. The summed E-state index contributed by atoms with van der Waals surface area (Å²) in [4.78, 5) is 9.74. The van der Waals surface area contributed by atoms with E-state index in [4.69, 9.17) is 9.97 Å². The number of imidazole rings is 1. The van der Waals surface area contributed by atoms with Crippen molar-refractivity contribution in [2.24, 2.45) is 0 Å². The number of aromatic nitrogens is 3. The van der Waals surface area contributed by atoms with Crippen LogP contribution in [0.5, 0.6) is 0 Å². The topological polar surface area (TPSA) is 30.2 Å². The van der Waals surface area contributed by atoms with E-state index >= 15 is 0 Å². The molecule has 5 rings (SSSR count). The molecule has 0 unspecified atom stereocenters. The van der Waals surface area contributed by atoms with Crippen molar-refractivity contribution < 1.29 is 20.1 Å². The zero-order valence-electron chi connectivity index (χ0n) is 18.3. The summed E-state index contributed by atoms with van der Waals surface area (Å²) < 4.78 is 2.26. The van der Waals surface area contributed by atoms with E-state index < -0.39 is 0 Å². The Morgan fingerprint density at radius 2 is 1.69 bits per heavy atom. The summed E-state index contributed by atoms with van der Waals surface area (Å²) in [5.74, 6) is 0. The Kier molecular flexibility index (Phi) is 4.33. The van der Waals surface area contributed by atoms with Crippen LogP contribution in [0, 0.1) is 6.07 Å². The molecule has 0 bridgehead atoms. The van der Waals surface area contributed by atoms with Gasteiger partial charge in [0.25, 0.3) is 0 Å². The minimum atomic E-state index is -0.0107. The number of rotatable bonds is 0. The number of nitrogens with zero attached hydrogens (tertiary/aromatic N) is 3. The Bertz CT molecular complexity index is 1270. The van der Waals surface area contributed by atoms with E-state index in [1.165, 1.54) is 28.6 Å². The van der Waals surface area contributed by atoms with E-state index in [9.17, 15) is 0 Å². The minimum absolute atomic E-state index is 0. The van der Waals surface area contributed by atoms with Crippen molar-refractivity contribution >= 4 is 27.6 Å². The average Bonchev–Trinajstić information content (AvgIpc) is 3.04. The van der Waals surface area contributed by atoms with E-state index in [1.807, 2.05) is 12.3 Å². The maximum Gasteiger partial charge on any atom is 0.0777 e. The monoisotopic (exact) mass is 563 g/mol. The number of hydrogen-bond acceptors (Lipinski definition) is 2. The molecule has 0 N–H and O–H groups in total. The smallest absolute Gasteiger partial charge is 0.0777 e. The normalized spacial score (nSPS) is 17.6. The Labute approximate surface area is 186 Å². The molecule has 0 saturated heterocycles. The summed E-state index contributed by atoms with van der Waals surface area (Å²) in [6.45, 7) is 16.2. The minimum Gasteiger partial charge on any atom is -0.352 e. The summed E-state index contributed by atoms with van der Waals surface area (Å²) in [6, 6.07) is 10.0. The van der Waals surface area contributed by atoms with Crippen molar-refractivity contribution in [3.63, 3.8) is 0 Å². The SMILES string of the molecule is CC(C)(C)c1cn2c3cc4c(cc3nc2c2[c-]ccnc12)C(C)(C)CC4(C)C.[Ir]. The van der Waals surface area contributed by atoms with Crippen LogP contribution in [0.2, 0.25) is 0 Å². The Balaban J connectivity index is 0.00000205. The van der Waals surface area contributed by atoms with E-state index in [0.29, 0.717) is 0 Å². The van der Waals surface area contributed by atoms with Crippen LogP contribution in [-0.2, 0) is 36.4 Å². The van der Waals surface area contributed by atoms with Crippen LogP contribution in [0.1, 0.15) is 71.6 Å². The van der Waals surface area contributed by atoms with Gasteiger partial charge >= 0.3 is 0 Å². The van der Waals surface area contributed by atoms with Gasteiger partial charge in [-0.05, 0) is 63.2 Å². The van der Waals surface area contributed by atoms with E-state index in [-0.39, 0.29) is 36.4 Å². The van der Waals surface area contributed by atoms with Crippen molar-refractivity contribution in [3.05, 3.63) is 53.3 Å². The number of hydrogen-bond donors (Lipinski definition) is 0. The van der Waals surface area contributed by atoms with Gasteiger partial charge in [-0.15, -0.1) is 12.1 Å². The molecule has 3 aromatic heterocycles. The van der Waals surface area contributed by atoms with Gasteiger partial charge < -0.3 is 9.38 Å². The third-order valence-corrected chi connectivity index (χ3v) is 6.46. The van der Waals surface area contributed by atoms with Gasteiger partial charge in [-0.3, -0.25) is 4.98 Å². The van der Waals surface area contributed by atoms with Crippen LogP contribution in [0.4, 0.5) is 0 Å². The first-order valence-electron chi connectivity index (χ1n) is 10.2. The van der Waals surface area contributed by atoms with Crippen molar-refractivity contribution in [1.29, 1.82) is 0 Å². The van der Waals surface area contributed by atoms with Gasteiger partial charge in [0.15, 0.2) is 0 Å². The van der Waals surface area contributed by atoms with Crippen molar-refractivity contribution in [2.75, 3.05) is 0 Å². The molecule has 3 nitrogen and oxygen atoms in total. The third kappa shape index (κ3) is 2.87. The summed E-state index contributed by atoms with van der Waals surface area (Å²) in [5, 5.41) is 1.00. The molecule has 1 radical (unpaired) electrons. The quantitative estimate of drug-likeness (QED) is 0.243. The first-order valence-corrected chi connectivity index (χ1v) is 10.2. The van der Waals surface area contributed by atoms with E-state index in [1.54, 1.807) is 0 Å². The molecular weight excluding hydrogens is 535 g/mol. The standard InChI is InChI=1S/C25H28N3.Ir/c1-23(2,3)18-13-28-20-12-17-16(24(4,5)14-25(17,6)7)11-19(20)27-22(28)15-9-8-10-26-21(15)18;/h8,10-13H,14H2,1-7H3;/q-1;. The fourth-order valence-corrected chi connectivity index (χ4v) is 5.34. The van der Waals surface area contributed by atoms with Crippen molar-refractivity contribution in [2.45, 2.75) is 71.1 Å². The third-order valence-electron chi connectivity index (χ3n) is 6.46. The molecule has 0 atom stereocenters. The number of fused-ring (bicyclic) bond motifs is 6. The van der Waals surface area contributed by atoms with Crippen LogP contribution in [-0.4, -0.2) is 14.4 Å². The fourth-order valence-electron chi connectivity index (χ4n) is 5.34. The molecular formula is C25H28IrN3-. The molecule has 1 aliphatic rings. The fraction of sp³-hybridized carbons (Fsp3) is 0.440. The first kappa shape index (κ1) is 20.5. The van der Waals surface area contributed by atoms with Gasteiger partial charge in [0.05, 0.1) is 16.7 Å². The van der Waals surface area contributed by atoms with Crippen LogP contribution in [0.15, 0.2) is 30.6 Å². The van der Waals surface area contributed by atoms with Gasteiger partial charge in [-0.2, -0.15) is 0 Å². The van der Waals surface area contributed by atoms with Crippen LogP contribution in [0.3, 0.4) is 0 Å². The van der Waals surface area contributed by atoms with Gasteiger partial charge in [-0.25, -0.2) is 0 Å². The van der Waals surface area contributed by atoms with Crippen LogP contribution in [0.25, 0.3) is 27.6 Å². The summed E-state index contributed by atoms with van der Waals surface area (Å²) in [6.07, 6.45) is 5.24. The van der Waals surface area contributed by atoms with E-state index in [2.05, 4.69) is 77.3 Å². The molecule has 0 spiro atoms. The molecule has 0 fully saturated rings. The molecule has 153 valence electrons. The molecule has 4 aromatic rings. The van der Waals surface area contributed by atoms with Crippen molar-refractivity contribution in [1.82, 2.24) is 14.4 Å². The van der Waals surface area contributed by atoms with Gasteiger partial charge in [0.1, 0.15) is 0 Å². The van der Waals surface area contributed by atoms with Crippen LogP contribution < -0.4 is 0 Å². The summed E-state index contributed by atoms with van der Waals surface area (Å²) in [7, 11) is 0. The van der Waals surface area contributed by atoms with Gasteiger partial charge in [0, 0.05) is 20.1 Å². The van der Waals surface area contributed by atoms with Gasteiger partial charge in [0.2, 0.25) is 0 Å². The predicted octanol–water partition coefficient (Wildman–Crippen LogP) is 6.09. The summed E-state index contributed by atoms with van der Waals surface area (Å²) in [5.41, 5.74) is 8.67. The Morgan fingerprint density at radius 3 is 2.34 bits per heavy atom. The van der Waals surface area contributed by atoms with Gasteiger partial charge in [-0.1, -0.05) is 60.0 Å². The van der Waals surface area contributed by atoms with Crippen molar-refractivity contribution in [3.8, 4) is 0 Å². The second-order valence-corrected chi connectivity index (χ2v) is 10.7. The molecule has 29 heavy (non-hydrogen) atoms. The maximum absolute atomic E-state index is 5.05. The van der Waals surface area contributed by atoms with Crippen LogP contribution >= 0.6 is 0 Å². The zero-order valence-corrected chi connectivity index (χ0v) is 20.7. The molecule has 0 amide bonds. The Hall–Kier alpha value is -1.77. The zero-order chi connectivity index (χ0) is 20.1. The average molecular weight is 563 g/mol. The molecule has 1 aliphatic carbocycles. The maximum atomic E-state index is 5.05. The number of benzene rings is 1. The first-order chi connectivity index (χ1) is 13.0. The van der Waals surface area contributed by atoms with E-state index in [0.717, 1.165) is 22.1 Å². The Morgan fingerprint density at radius 1 is 1.03 bits per heavy atom. The molecule has 1 aromatic carbocycles. The molecule has 0 saturated carbocycles. The molecule has 3 heterocycles. The predicted molar refractivity (Wildman–Crippen MR) is 116 cm³/mol. The molecule has 4 heteroatoms. The summed E-state index contributed by atoms with van der Waals surface area (Å²) >= 11 is 0. The number of pyridine rings is 2.